The molecule has 0 radical (unpaired) electrons. The molecule has 0 aliphatic heterocycles. The summed E-state index contributed by atoms with van der Waals surface area (Å²) >= 11 is 5.87. The third-order valence-electron chi connectivity index (χ3n) is 4.36. The van der Waals surface area contributed by atoms with Gasteiger partial charge in [-0.1, -0.05) is 18.2 Å². The molecule has 0 fully saturated rings. The van der Waals surface area contributed by atoms with E-state index >= 15 is 0 Å². The van der Waals surface area contributed by atoms with Crippen molar-refractivity contribution in [3.63, 3.8) is 0 Å². The highest BCUT2D eigenvalue weighted by Gasteiger charge is 2.11. The number of hydrogen-bond donors (Lipinski definition) is 2. The third-order valence-corrected chi connectivity index (χ3v) is 5.11. The summed E-state index contributed by atoms with van der Waals surface area (Å²) < 4.78 is 33.3. The maximum atomic E-state index is 12.4. The number of nitrogens with zero attached hydrogens (tertiary/aromatic N) is 1. The summed E-state index contributed by atoms with van der Waals surface area (Å²) in [5.41, 5.74) is 5.67. The number of carbonyl (C=O) groups excluding carboxylic acids is 1. The average molecular weight is 514 g/mol. The van der Waals surface area contributed by atoms with Gasteiger partial charge >= 0.3 is 16.1 Å². The zero-order valence-electron chi connectivity index (χ0n) is 19.1. The molecule has 3 rings (SSSR count). The Hall–Kier alpha value is -3.82. The summed E-state index contributed by atoms with van der Waals surface area (Å²) in [6, 6.07) is 19.5. The predicted octanol–water partition coefficient (Wildman–Crippen LogP) is 5.21. The van der Waals surface area contributed by atoms with Crippen LogP contribution in [0.25, 0.3) is 0 Å². The lowest BCUT2D eigenvalue weighted by Gasteiger charge is -2.11. The van der Waals surface area contributed by atoms with Crippen LogP contribution in [0.5, 0.6) is 11.5 Å². The highest BCUT2D eigenvalue weighted by atomic mass is 35.5. The number of rotatable bonds is 9. The molecule has 0 aliphatic rings. The van der Waals surface area contributed by atoms with Gasteiger partial charge in [-0.15, -0.1) is 0 Å². The third kappa shape index (κ3) is 8.47. The molecule has 8 nitrogen and oxygen atoms in total. The standard InChI is InChI=1S/C25H24ClN3O5S/c1-17(2)16-33-22-12-4-18(5-13-22)24(19-6-14-23(15-7-19)34-35(3,31)32)28-29-25(30)27-21-10-8-20(26)9-11-21/h4-15H,1,16H2,2-3H3,(H2,27,29,30)/b28-24+. The van der Waals surface area contributed by atoms with Crippen LogP contribution >= 0.6 is 11.6 Å². The van der Waals surface area contributed by atoms with Crippen molar-refractivity contribution in [3.05, 3.63) is 101 Å². The van der Waals surface area contributed by atoms with Gasteiger partial charge in [0.15, 0.2) is 0 Å². The van der Waals surface area contributed by atoms with Crippen molar-refractivity contribution in [2.75, 3.05) is 18.2 Å². The van der Waals surface area contributed by atoms with Gasteiger partial charge in [-0.3, -0.25) is 0 Å². The van der Waals surface area contributed by atoms with Gasteiger partial charge in [0.1, 0.15) is 18.1 Å². The van der Waals surface area contributed by atoms with Gasteiger partial charge in [-0.2, -0.15) is 13.5 Å². The molecule has 0 bridgehead atoms. The van der Waals surface area contributed by atoms with Gasteiger partial charge in [0, 0.05) is 21.8 Å². The van der Waals surface area contributed by atoms with Crippen LogP contribution < -0.4 is 19.7 Å². The van der Waals surface area contributed by atoms with Gasteiger partial charge in [-0.25, -0.2) is 10.2 Å². The molecular weight excluding hydrogens is 490 g/mol. The summed E-state index contributed by atoms with van der Waals surface area (Å²) in [5, 5.41) is 7.52. The van der Waals surface area contributed by atoms with E-state index < -0.39 is 16.1 Å². The summed E-state index contributed by atoms with van der Waals surface area (Å²) in [6.45, 7) is 6.08. The summed E-state index contributed by atoms with van der Waals surface area (Å²) in [6.07, 6.45) is 0.967. The lowest BCUT2D eigenvalue weighted by molar-refractivity contribution is 0.252. The second kappa shape index (κ2) is 11.5. The van der Waals surface area contributed by atoms with Crippen molar-refractivity contribution in [2.45, 2.75) is 6.92 Å². The number of amides is 2. The molecule has 182 valence electrons. The normalized spacial score (nSPS) is 11.5. The molecule has 0 saturated heterocycles. The molecule has 0 unspecified atom stereocenters. The Kier molecular flexibility index (Phi) is 8.51. The van der Waals surface area contributed by atoms with E-state index in [1.807, 2.05) is 6.92 Å². The SMILES string of the molecule is C=C(C)COc1ccc(/C(=N\NC(=O)Nc2ccc(Cl)cc2)c2ccc(OS(C)(=O)=O)cc2)cc1. The zero-order chi connectivity index (χ0) is 25.4. The summed E-state index contributed by atoms with van der Waals surface area (Å²) in [5.74, 6) is 0.814. The molecule has 0 spiro atoms. The Bertz CT molecular complexity index is 1320. The van der Waals surface area contributed by atoms with E-state index in [1.165, 1.54) is 12.1 Å². The van der Waals surface area contributed by atoms with E-state index in [1.54, 1.807) is 60.7 Å². The van der Waals surface area contributed by atoms with Gasteiger partial charge < -0.3 is 14.2 Å². The second-order valence-electron chi connectivity index (χ2n) is 7.62. The fourth-order valence-corrected chi connectivity index (χ4v) is 3.44. The summed E-state index contributed by atoms with van der Waals surface area (Å²) in [4.78, 5) is 12.4. The zero-order valence-corrected chi connectivity index (χ0v) is 20.7. The highest BCUT2D eigenvalue weighted by Crippen LogP contribution is 2.20. The predicted molar refractivity (Wildman–Crippen MR) is 138 cm³/mol. The van der Waals surface area contributed by atoms with Crippen LogP contribution in [0.3, 0.4) is 0 Å². The monoisotopic (exact) mass is 513 g/mol. The van der Waals surface area contributed by atoms with Crippen LogP contribution in [0.2, 0.25) is 5.02 Å². The minimum Gasteiger partial charge on any atom is -0.489 e. The fourth-order valence-electron chi connectivity index (χ4n) is 2.85. The Morgan fingerprint density at radius 1 is 0.943 bits per heavy atom. The Morgan fingerprint density at radius 2 is 1.49 bits per heavy atom. The lowest BCUT2D eigenvalue weighted by Crippen LogP contribution is -2.26. The first-order chi connectivity index (χ1) is 16.6. The molecule has 2 N–H and O–H groups in total. The molecule has 35 heavy (non-hydrogen) atoms. The molecule has 0 atom stereocenters. The molecular formula is C25H24ClN3O5S. The second-order valence-corrected chi connectivity index (χ2v) is 9.63. The molecule has 0 saturated carbocycles. The van der Waals surface area contributed by atoms with Gasteiger partial charge in [0.05, 0.1) is 12.0 Å². The van der Waals surface area contributed by atoms with E-state index in [-0.39, 0.29) is 5.75 Å². The quantitative estimate of drug-likeness (QED) is 0.177. The smallest absolute Gasteiger partial charge is 0.339 e. The maximum Gasteiger partial charge on any atom is 0.339 e. The number of hydrazone groups is 1. The highest BCUT2D eigenvalue weighted by molar-refractivity contribution is 7.86. The van der Waals surface area contributed by atoms with Crippen molar-refractivity contribution in [1.82, 2.24) is 5.43 Å². The number of ether oxygens (including phenoxy) is 1. The molecule has 0 aliphatic carbocycles. The number of benzene rings is 3. The van der Waals surface area contributed by atoms with E-state index in [2.05, 4.69) is 22.4 Å². The number of halogens is 1. The van der Waals surface area contributed by atoms with E-state index in [4.69, 9.17) is 20.5 Å². The fraction of sp³-hybridized carbons (Fsp3) is 0.120. The van der Waals surface area contributed by atoms with Crippen molar-refractivity contribution in [1.29, 1.82) is 0 Å². The minimum absolute atomic E-state index is 0.160. The van der Waals surface area contributed by atoms with Gasteiger partial charge in [-0.05, 0) is 85.3 Å². The molecule has 0 heterocycles. The maximum absolute atomic E-state index is 12.4. The van der Waals surface area contributed by atoms with Crippen LogP contribution in [-0.4, -0.2) is 33.0 Å². The first kappa shape index (κ1) is 25.8. The Morgan fingerprint density at radius 3 is 2.00 bits per heavy atom. The van der Waals surface area contributed by atoms with Gasteiger partial charge in [0.25, 0.3) is 0 Å². The molecule has 10 heteroatoms. The van der Waals surface area contributed by atoms with Crippen molar-refractivity contribution >= 4 is 39.1 Å². The van der Waals surface area contributed by atoms with Crippen LogP contribution in [0, 0.1) is 0 Å². The number of nitrogens with one attached hydrogen (secondary N) is 2. The minimum atomic E-state index is -3.66. The van der Waals surface area contributed by atoms with Gasteiger partial charge in [0.2, 0.25) is 0 Å². The average Bonchev–Trinajstić information content (AvgIpc) is 2.80. The Labute approximate surface area is 209 Å². The molecule has 3 aromatic rings. The first-order valence-corrected chi connectivity index (χ1v) is 12.6. The number of carbonyl (C=O) groups is 1. The van der Waals surface area contributed by atoms with Crippen molar-refractivity contribution in [3.8, 4) is 11.5 Å². The van der Waals surface area contributed by atoms with Crippen molar-refractivity contribution in [2.24, 2.45) is 5.10 Å². The van der Waals surface area contributed by atoms with Crippen LogP contribution in [0.1, 0.15) is 18.1 Å². The van der Waals surface area contributed by atoms with Crippen LogP contribution in [0.4, 0.5) is 10.5 Å². The van der Waals surface area contributed by atoms with Crippen LogP contribution in [0.15, 0.2) is 90.0 Å². The molecule has 2 amide bonds. The largest absolute Gasteiger partial charge is 0.489 e. The Balaban J connectivity index is 1.85. The number of anilines is 1. The number of hydrogen-bond acceptors (Lipinski definition) is 6. The molecule has 0 aromatic heterocycles. The summed E-state index contributed by atoms with van der Waals surface area (Å²) in [7, 11) is -3.66. The van der Waals surface area contributed by atoms with Crippen molar-refractivity contribution < 1.29 is 22.1 Å². The number of urea groups is 1. The van der Waals surface area contributed by atoms with E-state index in [0.29, 0.717) is 39.9 Å². The van der Waals surface area contributed by atoms with E-state index in [9.17, 15) is 13.2 Å². The topological polar surface area (TPSA) is 106 Å². The van der Waals surface area contributed by atoms with Crippen LogP contribution in [-0.2, 0) is 10.1 Å². The lowest BCUT2D eigenvalue weighted by atomic mass is 10.0. The van der Waals surface area contributed by atoms with E-state index in [0.717, 1.165) is 11.8 Å². The molecule has 3 aromatic carbocycles. The first-order valence-electron chi connectivity index (χ1n) is 10.4.